The highest BCUT2D eigenvalue weighted by Gasteiger charge is 2.46. The molecule has 0 bridgehead atoms. The van der Waals surface area contributed by atoms with Crippen molar-refractivity contribution >= 4 is 38.0 Å². The number of aliphatic hydroxyl groups excluding tert-OH is 1. The smallest absolute Gasteiger partial charge is 0.380 e. The molecule has 198 valence electrons. The van der Waals surface area contributed by atoms with E-state index in [1.807, 2.05) is 0 Å². The first-order valence-electron chi connectivity index (χ1n) is 11.4. The van der Waals surface area contributed by atoms with Gasteiger partial charge in [0, 0.05) is 11.8 Å². The quantitative estimate of drug-likeness (QED) is 0.234. The zero-order chi connectivity index (χ0) is 26.6. The van der Waals surface area contributed by atoms with E-state index in [0.717, 1.165) is 0 Å². The summed E-state index contributed by atoms with van der Waals surface area (Å²) in [7, 11) is -3.97. The van der Waals surface area contributed by atoms with Crippen molar-refractivity contribution in [2.75, 3.05) is 12.8 Å². The summed E-state index contributed by atoms with van der Waals surface area (Å²) in [6, 6.07) is 8.31. The van der Waals surface area contributed by atoms with Gasteiger partial charge in [0.15, 0.2) is 17.2 Å². The monoisotopic (exact) mass is 560 g/mol. The number of benzene rings is 1. The predicted octanol–water partition coefficient (Wildman–Crippen LogP) is 5.06. The van der Waals surface area contributed by atoms with Crippen molar-refractivity contribution in [1.29, 1.82) is 0 Å². The van der Waals surface area contributed by atoms with Crippen LogP contribution in [0.15, 0.2) is 36.5 Å². The number of H-pyrrole nitrogens is 1. The maximum absolute atomic E-state index is 15.0. The third-order valence-electron chi connectivity index (χ3n) is 5.39. The maximum atomic E-state index is 15.0. The molecule has 9 nitrogen and oxygen atoms in total. The highest BCUT2D eigenvalue weighted by Crippen LogP contribution is 2.50. The number of nitrogens with one attached hydrogen (secondary N) is 1. The number of nitrogens with zero attached hydrogens (tertiary/aromatic N) is 1. The number of halogens is 1. The van der Waals surface area contributed by atoms with Gasteiger partial charge in [-0.1, -0.05) is 37.3 Å². The number of alkyl halides is 1. The Balaban J connectivity index is 1.77. The number of hydrogen-bond acceptors (Lipinski definition) is 9. The average Bonchev–Trinajstić information content (AvgIpc) is 3.08. The van der Waals surface area contributed by atoms with Crippen LogP contribution in [0.25, 0.3) is 0 Å². The molecular formula is C23H30FN2O7PS2. The van der Waals surface area contributed by atoms with Crippen LogP contribution in [0.5, 0.6) is 5.75 Å². The standard InChI is InChI=1S/C23H30FN2O7PS2/c1-13(2)31-22(28)15(4)12-34(29,33-16-8-6-5-7-9-16)30-11-17-19(27)18(24)21(32-17)26-10-14(3)20(35)25-23(26)36/h5-10,13,15,17-19,21,27H,11-12H2,1-4H3,(H,25,35,36)/t15-,17+,18-,19?,21+,34-/m1/s1. The zero-order valence-corrected chi connectivity index (χ0v) is 22.9. The summed E-state index contributed by atoms with van der Waals surface area (Å²) in [5.41, 5.74) is 0.645. The van der Waals surface area contributed by atoms with Crippen molar-refractivity contribution in [3.63, 3.8) is 0 Å². The van der Waals surface area contributed by atoms with Gasteiger partial charge in [-0.05, 0) is 45.1 Å². The molecule has 0 saturated carbocycles. The Bertz CT molecular complexity index is 1220. The van der Waals surface area contributed by atoms with E-state index < -0.39 is 50.7 Å². The number of carbonyl (C=O) groups excluding carboxylic acids is 1. The minimum atomic E-state index is -3.97. The molecule has 6 atom stereocenters. The van der Waals surface area contributed by atoms with Gasteiger partial charge in [-0.3, -0.25) is 13.9 Å². The van der Waals surface area contributed by atoms with Gasteiger partial charge in [0.1, 0.15) is 22.6 Å². The van der Waals surface area contributed by atoms with Gasteiger partial charge in [-0.15, -0.1) is 0 Å². The molecule has 1 unspecified atom stereocenters. The Labute approximate surface area is 219 Å². The molecule has 1 aromatic heterocycles. The van der Waals surface area contributed by atoms with Gasteiger partial charge >= 0.3 is 13.6 Å². The van der Waals surface area contributed by atoms with E-state index in [0.29, 0.717) is 10.2 Å². The molecule has 3 rings (SSSR count). The second kappa shape index (κ2) is 12.1. The minimum Gasteiger partial charge on any atom is -0.463 e. The number of para-hydroxylation sites is 1. The molecule has 1 saturated heterocycles. The lowest BCUT2D eigenvalue weighted by atomic mass is 10.1. The summed E-state index contributed by atoms with van der Waals surface area (Å²) in [6.45, 7) is 6.23. The molecule has 13 heteroatoms. The highest BCUT2D eigenvalue weighted by molar-refractivity contribution is 7.72. The molecule has 0 aliphatic carbocycles. The number of carbonyl (C=O) groups is 1. The molecule has 2 heterocycles. The molecule has 1 fully saturated rings. The fourth-order valence-corrected chi connectivity index (χ4v) is 5.89. The summed E-state index contributed by atoms with van der Waals surface area (Å²) in [5.74, 6) is -1.11. The third kappa shape index (κ3) is 7.08. The summed E-state index contributed by atoms with van der Waals surface area (Å²) < 4.78 is 52.8. The van der Waals surface area contributed by atoms with E-state index in [1.165, 1.54) is 4.57 Å². The van der Waals surface area contributed by atoms with E-state index in [2.05, 4.69) is 4.98 Å². The first-order valence-corrected chi connectivity index (χ1v) is 13.9. The second-order valence-electron chi connectivity index (χ2n) is 8.86. The first-order chi connectivity index (χ1) is 16.9. The molecule has 36 heavy (non-hydrogen) atoms. The summed E-state index contributed by atoms with van der Waals surface area (Å²) in [4.78, 5) is 15.1. The molecule has 2 aromatic rings. The number of aromatic nitrogens is 2. The van der Waals surface area contributed by atoms with Crippen molar-refractivity contribution in [1.82, 2.24) is 9.55 Å². The van der Waals surface area contributed by atoms with Gasteiger partial charge in [-0.2, -0.15) is 0 Å². The molecule has 0 amide bonds. The number of rotatable bonds is 10. The molecule has 0 radical (unpaired) electrons. The molecule has 0 spiro atoms. The molecule has 1 aliphatic rings. The van der Waals surface area contributed by atoms with Crippen molar-refractivity contribution in [2.45, 2.75) is 58.4 Å². The van der Waals surface area contributed by atoms with Crippen molar-refractivity contribution in [3.05, 3.63) is 51.5 Å². The molecule has 1 aliphatic heterocycles. The van der Waals surface area contributed by atoms with Crippen LogP contribution in [0.1, 0.15) is 32.6 Å². The number of ether oxygens (including phenoxy) is 2. The van der Waals surface area contributed by atoms with Crippen molar-refractivity contribution in [2.24, 2.45) is 5.92 Å². The lowest BCUT2D eigenvalue weighted by Gasteiger charge is -2.24. The van der Waals surface area contributed by atoms with Crippen LogP contribution in [0.3, 0.4) is 0 Å². The summed E-state index contributed by atoms with van der Waals surface area (Å²) in [5, 5.41) is 10.5. The number of hydrogen-bond donors (Lipinski definition) is 2. The van der Waals surface area contributed by atoms with Crippen LogP contribution in [-0.4, -0.2) is 57.9 Å². The SMILES string of the molecule is Cc1cn([C@H]2O[C@@H](CO[P@](=O)(C[C@@H](C)C(=O)OC(C)C)Oc3ccccc3)C(O)[C@H]2F)c(=S)[nH]c1=S. The Morgan fingerprint density at radius 1 is 1.28 bits per heavy atom. The van der Waals surface area contributed by atoms with Crippen LogP contribution in [0.4, 0.5) is 4.39 Å². The number of aromatic amines is 1. The zero-order valence-electron chi connectivity index (χ0n) is 20.3. The summed E-state index contributed by atoms with van der Waals surface area (Å²) >= 11 is 10.4. The van der Waals surface area contributed by atoms with Crippen LogP contribution >= 0.6 is 32.0 Å². The van der Waals surface area contributed by atoms with E-state index in [4.69, 9.17) is 43.0 Å². The van der Waals surface area contributed by atoms with Crippen molar-refractivity contribution in [3.8, 4) is 5.75 Å². The number of aliphatic hydroxyl groups is 1. The van der Waals surface area contributed by atoms with E-state index in [-0.39, 0.29) is 22.8 Å². The predicted molar refractivity (Wildman–Crippen MR) is 136 cm³/mol. The Hall–Kier alpha value is -1.95. The topological polar surface area (TPSA) is 112 Å². The van der Waals surface area contributed by atoms with E-state index in [1.54, 1.807) is 64.2 Å². The normalized spacial score (nSPS) is 24.3. The van der Waals surface area contributed by atoms with Gasteiger partial charge in [0.2, 0.25) is 0 Å². The fourth-order valence-electron chi connectivity index (χ4n) is 3.54. The van der Waals surface area contributed by atoms with Gasteiger partial charge in [-0.25, -0.2) is 8.96 Å². The Morgan fingerprint density at radius 3 is 2.58 bits per heavy atom. The van der Waals surface area contributed by atoms with Crippen LogP contribution in [0.2, 0.25) is 0 Å². The molecule has 2 N–H and O–H groups in total. The lowest BCUT2D eigenvalue weighted by molar-refractivity contribution is -0.151. The van der Waals surface area contributed by atoms with Crippen molar-refractivity contribution < 1.29 is 37.4 Å². The van der Waals surface area contributed by atoms with Gasteiger partial charge in [0.05, 0.1) is 24.8 Å². The van der Waals surface area contributed by atoms with Crippen LogP contribution in [0, 0.1) is 22.3 Å². The van der Waals surface area contributed by atoms with Crippen LogP contribution in [-0.2, 0) is 23.4 Å². The maximum Gasteiger partial charge on any atom is 0.380 e. The molecule has 1 aromatic carbocycles. The van der Waals surface area contributed by atoms with E-state index in [9.17, 15) is 14.5 Å². The Kier molecular flexibility index (Phi) is 9.59. The van der Waals surface area contributed by atoms with Gasteiger partial charge in [0.25, 0.3) is 0 Å². The second-order valence-corrected chi connectivity index (χ2v) is 11.7. The minimum absolute atomic E-state index is 0.127. The van der Waals surface area contributed by atoms with Gasteiger partial charge < -0.3 is 24.1 Å². The third-order valence-corrected chi connectivity index (χ3v) is 8.15. The first kappa shape index (κ1) is 28.6. The van der Waals surface area contributed by atoms with E-state index >= 15 is 4.39 Å². The average molecular weight is 561 g/mol. The fraction of sp³-hybridized carbons (Fsp3) is 0.522. The molecular weight excluding hydrogens is 530 g/mol. The summed E-state index contributed by atoms with van der Waals surface area (Å²) in [6.07, 6.45) is -4.96. The largest absolute Gasteiger partial charge is 0.463 e. The van der Waals surface area contributed by atoms with Crippen LogP contribution < -0.4 is 4.52 Å². The number of aryl methyl sites for hydroxylation is 1. The number of esters is 1. The Morgan fingerprint density at radius 2 is 1.94 bits per heavy atom. The lowest BCUT2D eigenvalue weighted by Crippen LogP contribution is -2.32. The highest BCUT2D eigenvalue weighted by atomic mass is 32.1.